The molecule has 0 spiro atoms. The number of aryl methyl sites for hydroxylation is 1. The van der Waals surface area contributed by atoms with Crippen LogP contribution < -0.4 is 10.6 Å². The summed E-state index contributed by atoms with van der Waals surface area (Å²) in [5.41, 5.74) is -0.754. The van der Waals surface area contributed by atoms with Crippen LogP contribution in [0.1, 0.15) is 17.5 Å². The maximum absolute atomic E-state index is 12.8. The van der Waals surface area contributed by atoms with Crippen LogP contribution in [0.4, 0.5) is 18.9 Å². The minimum Gasteiger partial charge on any atom is -0.384 e. The van der Waals surface area contributed by atoms with Crippen LogP contribution in [0, 0.1) is 12.3 Å². The molecule has 1 aliphatic heterocycles. The molecular weight excluding hydrogens is 297 g/mol. The highest BCUT2D eigenvalue weighted by molar-refractivity contribution is 5.96. The number of benzene rings is 1. The van der Waals surface area contributed by atoms with Crippen LogP contribution in [0.3, 0.4) is 0 Å². The lowest BCUT2D eigenvalue weighted by Gasteiger charge is -2.26. The molecule has 0 aliphatic carbocycles. The molecule has 122 valence electrons. The van der Waals surface area contributed by atoms with E-state index in [4.69, 9.17) is 4.74 Å². The Morgan fingerprint density at radius 2 is 2.18 bits per heavy atom. The molecule has 4 nitrogen and oxygen atoms in total. The molecule has 0 saturated carbocycles. The summed E-state index contributed by atoms with van der Waals surface area (Å²) >= 11 is 0. The number of hydrogen-bond acceptors (Lipinski definition) is 3. The molecule has 2 N–H and O–H groups in total. The predicted molar refractivity (Wildman–Crippen MR) is 76.6 cm³/mol. The summed E-state index contributed by atoms with van der Waals surface area (Å²) in [5, 5.41) is 5.73. The number of rotatable bonds is 4. The van der Waals surface area contributed by atoms with E-state index in [1.807, 2.05) is 0 Å². The highest BCUT2D eigenvalue weighted by Gasteiger charge is 2.41. The van der Waals surface area contributed by atoms with Crippen molar-refractivity contribution in [3.63, 3.8) is 0 Å². The van der Waals surface area contributed by atoms with Gasteiger partial charge in [-0.15, -0.1) is 0 Å². The van der Waals surface area contributed by atoms with Crippen molar-refractivity contribution in [1.82, 2.24) is 5.32 Å². The zero-order valence-electron chi connectivity index (χ0n) is 12.5. The molecule has 1 heterocycles. The van der Waals surface area contributed by atoms with E-state index in [9.17, 15) is 18.0 Å². The first-order valence-corrected chi connectivity index (χ1v) is 6.97. The second kappa shape index (κ2) is 6.26. The van der Waals surface area contributed by atoms with Gasteiger partial charge in [-0.1, -0.05) is 6.07 Å². The van der Waals surface area contributed by atoms with Gasteiger partial charge in [-0.3, -0.25) is 4.79 Å². The fourth-order valence-electron chi connectivity index (χ4n) is 2.59. The lowest BCUT2D eigenvalue weighted by Crippen LogP contribution is -2.42. The summed E-state index contributed by atoms with van der Waals surface area (Å²) in [6.45, 7) is 3.01. The van der Waals surface area contributed by atoms with Gasteiger partial charge in [0, 0.05) is 19.3 Å². The Bertz CT molecular complexity index is 552. The number of ether oxygens (including phenoxy) is 1. The number of hydrogen-bond donors (Lipinski definition) is 2. The van der Waals surface area contributed by atoms with Gasteiger partial charge < -0.3 is 15.4 Å². The standard InChI is InChI=1S/C15H19F3N2O2/c1-10-3-4-11(15(16,17)18)7-12(10)20-13(21)14(9-22-2)5-6-19-8-14/h3-4,7,19H,5-6,8-9H2,1-2H3,(H,20,21). The number of methoxy groups -OCH3 is 1. The molecule has 1 atom stereocenters. The first-order valence-electron chi connectivity index (χ1n) is 6.97. The van der Waals surface area contributed by atoms with E-state index < -0.39 is 17.2 Å². The van der Waals surface area contributed by atoms with Gasteiger partial charge in [-0.25, -0.2) is 0 Å². The van der Waals surface area contributed by atoms with Crippen LogP contribution >= 0.6 is 0 Å². The smallest absolute Gasteiger partial charge is 0.384 e. The van der Waals surface area contributed by atoms with Crippen LogP contribution in [0.15, 0.2) is 18.2 Å². The summed E-state index contributed by atoms with van der Waals surface area (Å²) in [6, 6.07) is 3.33. The van der Waals surface area contributed by atoms with Gasteiger partial charge in [0.1, 0.15) is 0 Å². The van der Waals surface area contributed by atoms with Gasteiger partial charge >= 0.3 is 6.18 Å². The van der Waals surface area contributed by atoms with E-state index in [2.05, 4.69) is 10.6 Å². The average Bonchev–Trinajstić information content (AvgIpc) is 2.90. The maximum atomic E-state index is 12.8. The van der Waals surface area contributed by atoms with E-state index >= 15 is 0 Å². The van der Waals surface area contributed by atoms with Crippen LogP contribution in [-0.2, 0) is 15.7 Å². The third-order valence-electron chi connectivity index (χ3n) is 3.96. The van der Waals surface area contributed by atoms with E-state index in [0.717, 1.165) is 12.1 Å². The first kappa shape index (κ1) is 16.8. The Labute approximate surface area is 127 Å². The predicted octanol–water partition coefficient (Wildman–Crippen LogP) is 2.58. The maximum Gasteiger partial charge on any atom is 0.416 e. The van der Waals surface area contributed by atoms with Crippen molar-refractivity contribution in [2.75, 3.05) is 32.1 Å². The molecule has 1 unspecified atom stereocenters. The number of carbonyl (C=O) groups excluding carboxylic acids is 1. The Hall–Kier alpha value is -1.60. The van der Waals surface area contributed by atoms with Gasteiger partial charge in [-0.2, -0.15) is 13.2 Å². The lowest BCUT2D eigenvalue weighted by atomic mass is 9.87. The quantitative estimate of drug-likeness (QED) is 0.898. The number of alkyl halides is 3. The zero-order chi connectivity index (χ0) is 16.4. The molecule has 0 radical (unpaired) electrons. The second-order valence-corrected chi connectivity index (χ2v) is 5.62. The molecular formula is C15H19F3N2O2. The summed E-state index contributed by atoms with van der Waals surface area (Å²) in [6.07, 6.45) is -3.85. The number of carbonyl (C=O) groups is 1. The van der Waals surface area contributed by atoms with E-state index in [1.165, 1.54) is 13.2 Å². The monoisotopic (exact) mass is 316 g/mol. The summed E-state index contributed by atoms with van der Waals surface area (Å²) < 4.78 is 43.5. The minimum atomic E-state index is -4.44. The van der Waals surface area contributed by atoms with Crippen molar-refractivity contribution in [2.45, 2.75) is 19.5 Å². The molecule has 0 aromatic heterocycles. The Morgan fingerprint density at radius 3 is 2.73 bits per heavy atom. The topological polar surface area (TPSA) is 50.4 Å². The van der Waals surface area contributed by atoms with Crippen molar-refractivity contribution < 1.29 is 22.7 Å². The van der Waals surface area contributed by atoms with Crippen LogP contribution in [0.2, 0.25) is 0 Å². The van der Waals surface area contributed by atoms with Gasteiger partial charge in [0.15, 0.2) is 0 Å². The van der Waals surface area contributed by atoms with Crippen molar-refractivity contribution >= 4 is 11.6 Å². The third-order valence-corrected chi connectivity index (χ3v) is 3.96. The molecule has 2 rings (SSSR count). The summed E-state index contributed by atoms with van der Waals surface area (Å²) in [4.78, 5) is 12.5. The van der Waals surface area contributed by atoms with Gasteiger partial charge in [0.05, 0.1) is 17.6 Å². The van der Waals surface area contributed by atoms with Gasteiger partial charge in [0.25, 0.3) is 0 Å². The Balaban J connectivity index is 2.24. The highest BCUT2D eigenvalue weighted by Crippen LogP contribution is 2.33. The Kier molecular flexibility index (Phi) is 4.77. The fraction of sp³-hybridized carbons (Fsp3) is 0.533. The van der Waals surface area contributed by atoms with E-state index in [-0.39, 0.29) is 18.2 Å². The summed E-state index contributed by atoms with van der Waals surface area (Å²) in [5.74, 6) is -0.318. The molecule has 1 amide bonds. The van der Waals surface area contributed by atoms with Crippen LogP contribution in [-0.4, -0.2) is 32.7 Å². The molecule has 1 aliphatic rings. The van der Waals surface area contributed by atoms with Crippen molar-refractivity contribution in [3.05, 3.63) is 29.3 Å². The minimum absolute atomic E-state index is 0.183. The number of amides is 1. The average molecular weight is 316 g/mol. The zero-order valence-corrected chi connectivity index (χ0v) is 12.5. The van der Waals surface area contributed by atoms with Gasteiger partial charge in [0.2, 0.25) is 5.91 Å². The molecule has 1 fully saturated rings. The van der Waals surface area contributed by atoms with Crippen molar-refractivity contribution in [1.29, 1.82) is 0 Å². The van der Waals surface area contributed by atoms with Crippen LogP contribution in [0.25, 0.3) is 0 Å². The molecule has 7 heteroatoms. The summed E-state index contributed by atoms with van der Waals surface area (Å²) in [7, 11) is 1.50. The van der Waals surface area contributed by atoms with Gasteiger partial charge in [-0.05, 0) is 37.6 Å². The molecule has 1 aromatic carbocycles. The van der Waals surface area contributed by atoms with Crippen molar-refractivity contribution in [2.24, 2.45) is 5.41 Å². The van der Waals surface area contributed by atoms with E-state index in [1.54, 1.807) is 6.92 Å². The largest absolute Gasteiger partial charge is 0.416 e. The molecule has 0 bridgehead atoms. The first-order chi connectivity index (χ1) is 10.3. The van der Waals surface area contributed by atoms with Crippen molar-refractivity contribution in [3.8, 4) is 0 Å². The molecule has 1 saturated heterocycles. The Morgan fingerprint density at radius 1 is 1.45 bits per heavy atom. The fourth-order valence-corrected chi connectivity index (χ4v) is 2.59. The number of nitrogens with one attached hydrogen (secondary N) is 2. The van der Waals surface area contributed by atoms with E-state index in [0.29, 0.717) is 25.1 Å². The van der Waals surface area contributed by atoms with Crippen LogP contribution in [0.5, 0.6) is 0 Å². The highest BCUT2D eigenvalue weighted by atomic mass is 19.4. The third kappa shape index (κ3) is 3.41. The number of halogens is 3. The number of anilines is 1. The lowest BCUT2D eigenvalue weighted by molar-refractivity contribution is -0.137. The normalized spacial score (nSPS) is 21.9. The SMILES string of the molecule is COCC1(C(=O)Nc2cc(C(F)(F)F)ccc2C)CCNC1. The molecule has 1 aromatic rings. The molecule has 22 heavy (non-hydrogen) atoms. The second-order valence-electron chi connectivity index (χ2n) is 5.62.